The maximum Gasteiger partial charge on any atom is 0.269 e. The summed E-state index contributed by atoms with van der Waals surface area (Å²) in [4.78, 5) is 13.6. The number of ether oxygens (including phenoxy) is 1. The van der Waals surface area contributed by atoms with Crippen LogP contribution in [0.1, 0.15) is 41.4 Å². The number of primary amides is 1. The van der Waals surface area contributed by atoms with Crippen molar-refractivity contribution in [1.82, 2.24) is 15.1 Å². The van der Waals surface area contributed by atoms with Crippen LogP contribution in [0.25, 0.3) is 0 Å². The molecule has 0 spiro atoms. The third-order valence-electron chi connectivity index (χ3n) is 4.43. The number of rotatable bonds is 7. The van der Waals surface area contributed by atoms with Crippen LogP contribution in [0.15, 0.2) is 36.4 Å². The Labute approximate surface area is 142 Å². The van der Waals surface area contributed by atoms with Gasteiger partial charge in [-0.3, -0.25) is 9.89 Å². The van der Waals surface area contributed by atoms with E-state index in [-0.39, 0.29) is 0 Å². The monoisotopic (exact) mass is 328 g/mol. The number of aromatic nitrogens is 2. The van der Waals surface area contributed by atoms with Gasteiger partial charge in [0.05, 0.1) is 6.61 Å². The molecule has 1 amide bonds. The molecule has 0 radical (unpaired) electrons. The van der Waals surface area contributed by atoms with Crippen molar-refractivity contribution in [3.8, 4) is 5.75 Å². The van der Waals surface area contributed by atoms with Crippen molar-refractivity contribution >= 4 is 5.91 Å². The van der Waals surface area contributed by atoms with Crippen molar-refractivity contribution in [3.63, 3.8) is 0 Å². The third kappa shape index (κ3) is 4.35. The van der Waals surface area contributed by atoms with Gasteiger partial charge in [-0.15, -0.1) is 0 Å². The Morgan fingerprint density at radius 3 is 2.96 bits per heavy atom. The van der Waals surface area contributed by atoms with Crippen LogP contribution >= 0.6 is 0 Å². The van der Waals surface area contributed by atoms with Crippen LogP contribution < -0.4 is 10.5 Å². The van der Waals surface area contributed by atoms with Crippen LogP contribution in [0.5, 0.6) is 5.75 Å². The van der Waals surface area contributed by atoms with Crippen LogP contribution in [-0.2, 0) is 0 Å². The molecule has 1 saturated heterocycles. The number of hydrogen-bond acceptors (Lipinski definition) is 4. The molecule has 1 aromatic heterocycles. The number of carbonyl (C=O) groups is 1. The number of para-hydroxylation sites is 1. The lowest BCUT2D eigenvalue weighted by Gasteiger charge is -2.32. The fraction of sp³-hybridized carbons (Fsp3) is 0.444. The minimum absolute atomic E-state index is 0.318. The quantitative estimate of drug-likeness (QED) is 0.763. The lowest BCUT2D eigenvalue weighted by molar-refractivity contribution is 0.0995. The van der Waals surface area contributed by atoms with Gasteiger partial charge in [0.15, 0.2) is 0 Å². The number of hydrogen-bond donors (Lipinski definition) is 2. The summed E-state index contributed by atoms with van der Waals surface area (Å²) in [5.74, 6) is 0.822. The highest BCUT2D eigenvalue weighted by Crippen LogP contribution is 2.26. The number of benzene rings is 1. The maximum atomic E-state index is 11.2. The molecule has 2 heterocycles. The Bertz CT molecular complexity index is 656. The first-order valence-electron chi connectivity index (χ1n) is 8.47. The first-order chi connectivity index (χ1) is 11.7. The van der Waals surface area contributed by atoms with Gasteiger partial charge in [0, 0.05) is 24.7 Å². The van der Waals surface area contributed by atoms with Gasteiger partial charge in [0.25, 0.3) is 5.91 Å². The van der Waals surface area contributed by atoms with Crippen molar-refractivity contribution in [2.45, 2.75) is 25.2 Å². The highest BCUT2D eigenvalue weighted by atomic mass is 16.5. The summed E-state index contributed by atoms with van der Waals surface area (Å²) in [5, 5.41) is 6.95. The molecule has 1 fully saturated rings. The minimum atomic E-state index is -0.483. The average Bonchev–Trinajstić information content (AvgIpc) is 3.10. The number of nitrogens with two attached hydrogens (primary N) is 1. The minimum Gasteiger partial charge on any atom is -0.494 e. The lowest BCUT2D eigenvalue weighted by Crippen LogP contribution is -2.35. The van der Waals surface area contributed by atoms with Gasteiger partial charge in [-0.05, 0) is 44.0 Å². The highest BCUT2D eigenvalue weighted by molar-refractivity contribution is 5.90. The van der Waals surface area contributed by atoms with E-state index in [9.17, 15) is 4.79 Å². The van der Waals surface area contributed by atoms with Crippen LogP contribution in [0.3, 0.4) is 0 Å². The number of piperidine rings is 1. The van der Waals surface area contributed by atoms with Crippen molar-refractivity contribution < 1.29 is 9.53 Å². The number of nitrogens with one attached hydrogen (secondary N) is 1. The molecule has 128 valence electrons. The van der Waals surface area contributed by atoms with E-state index in [4.69, 9.17) is 10.5 Å². The number of aromatic amines is 1. The van der Waals surface area contributed by atoms with Gasteiger partial charge in [-0.1, -0.05) is 18.2 Å². The molecule has 3 N–H and O–H groups in total. The molecule has 3 rings (SSSR count). The predicted octanol–water partition coefficient (Wildman–Crippen LogP) is 2.16. The van der Waals surface area contributed by atoms with E-state index in [1.807, 2.05) is 30.3 Å². The van der Waals surface area contributed by atoms with E-state index >= 15 is 0 Å². The van der Waals surface area contributed by atoms with Crippen LogP contribution in [0, 0.1) is 0 Å². The third-order valence-corrected chi connectivity index (χ3v) is 4.43. The second-order valence-corrected chi connectivity index (χ2v) is 6.23. The number of amides is 1. The molecule has 0 unspecified atom stereocenters. The van der Waals surface area contributed by atoms with E-state index in [0.717, 1.165) is 56.9 Å². The highest BCUT2D eigenvalue weighted by Gasteiger charge is 2.23. The second-order valence-electron chi connectivity index (χ2n) is 6.23. The Kier molecular flexibility index (Phi) is 5.48. The smallest absolute Gasteiger partial charge is 0.269 e. The molecule has 1 aliphatic heterocycles. The topological polar surface area (TPSA) is 84.2 Å². The molecule has 1 aromatic carbocycles. The number of H-pyrrole nitrogens is 1. The van der Waals surface area contributed by atoms with Gasteiger partial charge >= 0.3 is 0 Å². The average molecular weight is 328 g/mol. The number of carbonyl (C=O) groups excluding carboxylic acids is 1. The first-order valence-corrected chi connectivity index (χ1v) is 8.47. The van der Waals surface area contributed by atoms with Crippen LogP contribution in [0.2, 0.25) is 0 Å². The molecule has 1 atom stereocenters. The number of nitrogens with zero attached hydrogens (tertiary/aromatic N) is 2. The zero-order chi connectivity index (χ0) is 16.8. The fourth-order valence-corrected chi connectivity index (χ4v) is 3.18. The molecule has 0 aliphatic carbocycles. The van der Waals surface area contributed by atoms with Crippen molar-refractivity contribution in [2.24, 2.45) is 5.73 Å². The Balaban J connectivity index is 1.44. The van der Waals surface area contributed by atoms with Gasteiger partial charge in [-0.25, -0.2) is 0 Å². The molecule has 24 heavy (non-hydrogen) atoms. The van der Waals surface area contributed by atoms with Crippen molar-refractivity contribution in [3.05, 3.63) is 47.8 Å². The molecule has 2 aromatic rings. The maximum absolute atomic E-state index is 11.2. The van der Waals surface area contributed by atoms with Gasteiger partial charge in [-0.2, -0.15) is 5.10 Å². The first kappa shape index (κ1) is 16.5. The molecule has 6 heteroatoms. The van der Waals surface area contributed by atoms with Gasteiger partial charge in [0.2, 0.25) is 0 Å². The summed E-state index contributed by atoms with van der Waals surface area (Å²) >= 11 is 0. The summed E-state index contributed by atoms with van der Waals surface area (Å²) in [7, 11) is 0. The normalized spacial score (nSPS) is 18.4. The molecular weight excluding hydrogens is 304 g/mol. The molecule has 1 aliphatic rings. The summed E-state index contributed by atoms with van der Waals surface area (Å²) in [6.07, 6.45) is 3.25. The Morgan fingerprint density at radius 2 is 2.21 bits per heavy atom. The summed E-state index contributed by atoms with van der Waals surface area (Å²) in [5.41, 5.74) is 6.59. The zero-order valence-corrected chi connectivity index (χ0v) is 13.8. The molecule has 6 nitrogen and oxygen atoms in total. The predicted molar refractivity (Wildman–Crippen MR) is 92.1 cm³/mol. The Hall–Kier alpha value is -2.34. The summed E-state index contributed by atoms with van der Waals surface area (Å²) in [6.45, 7) is 3.82. The zero-order valence-electron chi connectivity index (χ0n) is 13.8. The lowest BCUT2D eigenvalue weighted by atomic mass is 9.94. The van der Waals surface area contributed by atoms with Gasteiger partial charge < -0.3 is 15.4 Å². The van der Waals surface area contributed by atoms with Gasteiger partial charge in [0.1, 0.15) is 11.4 Å². The fourth-order valence-electron chi connectivity index (χ4n) is 3.18. The molecular formula is C18H24N4O2. The molecule has 0 saturated carbocycles. The van der Waals surface area contributed by atoms with E-state index in [1.54, 1.807) is 6.07 Å². The van der Waals surface area contributed by atoms with Crippen molar-refractivity contribution in [1.29, 1.82) is 0 Å². The summed E-state index contributed by atoms with van der Waals surface area (Å²) < 4.78 is 5.74. The second kappa shape index (κ2) is 7.97. The SMILES string of the molecule is NC(=O)c1cc([C@@H]2CCCN(CCCOc3ccccc3)C2)[nH]n1. The van der Waals surface area contributed by atoms with Crippen LogP contribution in [-0.4, -0.2) is 47.2 Å². The largest absolute Gasteiger partial charge is 0.494 e. The molecule has 0 bridgehead atoms. The van der Waals surface area contributed by atoms with E-state index in [2.05, 4.69) is 15.1 Å². The standard InChI is InChI=1S/C18H24N4O2/c19-18(23)17-12-16(20-21-17)14-6-4-9-22(13-14)10-5-11-24-15-7-2-1-3-8-15/h1-3,7-8,12,14H,4-6,9-11,13H2,(H2,19,23)(H,20,21)/t14-/m1/s1. The Morgan fingerprint density at radius 1 is 1.38 bits per heavy atom. The van der Waals surface area contributed by atoms with E-state index < -0.39 is 5.91 Å². The van der Waals surface area contributed by atoms with E-state index in [0.29, 0.717) is 11.6 Å². The van der Waals surface area contributed by atoms with E-state index in [1.165, 1.54) is 0 Å². The van der Waals surface area contributed by atoms with Crippen LogP contribution in [0.4, 0.5) is 0 Å². The summed E-state index contributed by atoms with van der Waals surface area (Å²) in [6, 6.07) is 11.7. The number of likely N-dealkylation sites (tertiary alicyclic amines) is 1. The van der Waals surface area contributed by atoms with Crippen molar-refractivity contribution in [2.75, 3.05) is 26.2 Å².